The number of pyridine rings is 1. The zero-order chi connectivity index (χ0) is 18.4. The molecule has 0 unspecified atom stereocenters. The Hall–Kier alpha value is -3.15. The number of aromatic nitrogens is 3. The lowest BCUT2D eigenvalue weighted by Gasteiger charge is -2.13. The molecule has 0 radical (unpaired) electrons. The van der Waals surface area contributed by atoms with Crippen molar-refractivity contribution in [3.8, 4) is 23.0 Å². The molecular weight excluding hydrogens is 328 g/mol. The van der Waals surface area contributed by atoms with Gasteiger partial charge in [0.25, 0.3) is 0 Å². The van der Waals surface area contributed by atoms with Crippen molar-refractivity contribution in [3.05, 3.63) is 59.9 Å². The number of nitrogens with one attached hydrogen (secondary N) is 1. The standard InChI is InChI=1S/C20H22N4O2/c1-14-15(2)23-20(18-6-4-5-11-21-18)24-19(14)22-12-13-26-17-9-7-16(25-3)8-10-17/h4-11H,12-13H2,1-3H3,(H,22,23,24). The number of hydrogen-bond acceptors (Lipinski definition) is 6. The minimum atomic E-state index is 0.522. The Morgan fingerprint density at radius 1 is 0.962 bits per heavy atom. The summed E-state index contributed by atoms with van der Waals surface area (Å²) in [4.78, 5) is 13.5. The highest BCUT2D eigenvalue weighted by Crippen LogP contribution is 2.20. The van der Waals surface area contributed by atoms with Gasteiger partial charge in [0.05, 0.1) is 13.7 Å². The van der Waals surface area contributed by atoms with E-state index < -0.39 is 0 Å². The second kappa shape index (κ2) is 8.29. The second-order valence-electron chi connectivity index (χ2n) is 5.77. The van der Waals surface area contributed by atoms with Crippen LogP contribution < -0.4 is 14.8 Å². The molecule has 3 rings (SSSR count). The van der Waals surface area contributed by atoms with Gasteiger partial charge < -0.3 is 14.8 Å². The van der Waals surface area contributed by atoms with Gasteiger partial charge in [0, 0.05) is 17.5 Å². The van der Waals surface area contributed by atoms with Crippen molar-refractivity contribution in [1.29, 1.82) is 0 Å². The van der Waals surface area contributed by atoms with E-state index in [-0.39, 0.29) is 0 Å². The van der Waals surface area contributed by atoms with E-state index in [0.29, 0.717) is 19.0 Å². The van der Waals surface area contributed by atoms with Crippen LogP contribution in [0.5, 0.6) is 11.5 Å². The van der Waals surface area contributed by atoms with Gasteiger partial charge in [-0.25, -0.2) is 9.97 Å². The third kappa shape index (κ3) is 4.27. The van der Waals surface area contributed by atoms with E-state index >= 15 is 0 Å². The molecule has 0 fully saturated rings. The van der Waals surface area contributed by atoms with E-state index in [1.54, 1.807) is 13.3 Å². The maximum Gasteiger partial charge on any atom is 0.180 e. The number of benzene rings is 1. The molecule has 3 aromatic rings. The largest absolute Gasteiger partial charge is 0.497 e. The van der Waals surface area contributed by atoms with Crippen LogP contribution in [0.25, 0.3) is 11.5 Å². The van der Waals surface area contributed by atoms with E-state index in [9.17, 15) is 0 Å². The van der Waals surface area contributed by atoms with Crippen molar-refractivity contribution < 1.29 is 9.47 Å². The first-order chi connectivity index (χ1) is 12.7. The predicted octanol–water partition coefficient (Wildman–Crippen LogP) is 3.65. The van der Waals surface area contributed by atoms with E-state index in [1.165, 1.54) is 0 Å². The van der Waals surface area contributed by atoms with E-state index in [0.717, 1.165) is 34.3 Å². The summed E-state index contributed by atoms with van der Waals surface area (Å²) in [6.45, 7) is 5.13. The SMILES string of the molecule is COc1ccc(OCCNc2nc(-c3ccccn3)nc(C)c2C)cc1. The summed E-state index contributed by atoms with van der Waals surface area (Å²) in [7, 11) is 1.64. The molecule has 0 atom stereocenters. The van der Waals surface area contributed by atoms with Crippen LogP contribution in [0.3, 0.4) is 0 Å². The smallest absolute Gasteiger partial charge is 0.180 e. The van der Waals surface area contributed by atoms with Crippen LogP contribution in [0.4, 0.5) is 5.82 Å². The lowest BCUT2D eigenvalue weighted by Crippen LogP contribution is -2.14. The van der Waals surface area contributed by atoms with E-state index in [4.69, 9.17) is 9.47 Å². The summed E-state index contributed by atoms with van der Waals surface area (Å²) in [5.41, 5.74) is 2.71. The van der Waals surface area contributed by atoms with Crippen molar-refractivity contribution in [3.63, 3.8) is 0 Å². The van der Waals surface area contributed by atoms with Crippen LogP contribution in [-0.2, 0) is 0 Å². The van der Waals surface area contributed by atoms with Gasteiger partial charge >= 0.3 is 0 Å². The summed E-state index contributed by atoms with van der Waals surface area (Å²) < 4.78 is 10.9. The summed E-state index contributed by atoms with van der Waals surface area (Å²) in [6.07, 6.45) is 1.74. The number of aryl methyl sites for hydroxylation is 1. The van der Waals surface area contributed by atoms with Crippen molar-refractivity contribution >= 4 is 5.82 Å². The number of rotatable bonds is 7. The average Bonchev–Trinajstić information content (AvgIpc) is 2.69. The molecule has 2 heterocycles. The number of hydrogen-bond donors (Lipinski definition) is 1. The van der Waals surface area contributed by atoms with Gasteiger partial charge in [-0.3, -0.25) is 4.98 Å². The lowest BCUT2D eigenvalue weighted by molar-refractivity contribution is 0.331. The number of ether oxygens (including phenoxy) is 2. The molecule has 2 aromatic heterocycles. The summed E-state index contributed by atoms with van der Waals surface area (Å²) in [5.74, 6) is 3.03. The van der Waals surface area contributed by atoms with E-state index in [2.05, 4.69) is 20.3 Å². The van der Waals surface area contributed by atoms with Crippen molar-refractivity contribution in [2.75, 3.05) is 25.6 Å². The molecule has 1 aromatic carbocycles. The Kier molecular flexibility index (Phi) is 5.63. The zero-order valence-electron chi connectivity index (χ0n) is 15.2. The quantitative estimate of drug-likeness (QED) is 0.656. The molecular formula is C20H22N4O2. The Labute approximate surface area is 153 Å². The van der Waals surface area contributed by atoms with Crippen LogP contribution in [0.15, 0.2) is 48.7 Å². The third-order valence-corrected chi connectivity index (χ3v) is 4.01. The Morgan fingerprint density at radius 3 is 2.42 bits per heavy atom. The van der Waals surface area contributed by atoms with Crippen LogP contribution in [-0.4, -0.2) is 35.2 Å². The van der Waals surface area contributed by atoms with Gasteiger partial charge in [0.1, 0.15) is 29.6 Å². The number of methoxy groups -OCH3 is 1. The first-order valence-electron chi connectivity index (χ1n) is 8.45. The molecule has 0 bridgehead atoms. The predicted molar refractivity (Wildman–Crippen MR) is 102 cm³/mol. The van der Waals surface area contributed by atoms with Crippen molar-refractivity contribution in [1.82, 2.24) is 15.0 Å². The molecule has 0 amide bonds. The molecule has 0 aliphatic rings. The van der Waals surface area contributed by atoms with Crippen LogP contribution in [0.2, 0.25) is 0 Å². The molecule has 0 aliphatic carbocycles. The Morgan fingerprint density at radius 2 is 1.73 bits per heavy atom. The maximum absolute atomic E-state index is 5.74. The molecule has 0 aliphatic heterocycles. The van der Waals surface area contributed by atoms with Gasteiger partial charge in [0.2, 0.25) is 0 Å². The van der Waals surface area contributed by atoms with Crippen LogP contribution in [0.1, 0.15) is 11.3 Å². The van der Waals surface area contributed by atoms with E-state index in [1.807, 2.05) is 56.3 Å². The average molecular weight is 350 g/mol. The minimum Gasteiger partial charge on any atom is -0.497 e. The van der Waals surface area contributed by atoms with Gasteiger partial charge in [0.15, 0.2) is 5.82 Å². The van der Waals surface area contributed by atoms with Gasteiger partial charge in [-0.1, -0.05) is 6.07 Å². The highest BCUT2D eigenvalue weighted by molar-refractivity contribution is 5.56. The summed E-state index contributed by atoms with van der Waals surface area (Å²) >= 11 is 0. The van der Waals surface area contributed by atoms with Crippen LogP contribution >= 0.6 is 0 Å². The molecule has 0 saturated carbocycles. The van der Waals surface area contributed by atoms with Crippen molar-refractivity contribution in [2.45, 2.75) is 13.8 Å². The molecule has 1 N–H and O–H groups in total. The topological polar surface area (TPSA) is 69.2 Å². The molecule has 0 saturated heterocycles. The fourth-order valence-corrected chi connectivity index (χ4v) is 2.42. The highest BCUT2D eigenvalue weighted by atomic mass is 16.5. The molecule has 0 spiro atoms. The first-order valence-corrected chi connectivity index (χ1v) is 8.45. The fourth-order valence-electron chi connectivity index (χ4n) is 2.42. The summed E-state index contributed by atoms with van der Waals surface area (Å²) in [6, 6.07) is 13.2. The molecule has 6 heteroatoms. The molecule has 6 nitrogen and oxygen atoms in total. The normalized spacial score (nSPS) is 10.4. The van der Waals surface area contributed by atoms with Gasteiger partial charge in [-0.05, 0) is 50.2 Å². The zero-order valence-corrected chi connectivity index (χ0v) is 15.2. The fraction of sp³-hybridized carbons (Fsp3) is 0.250. The van der Waals surface area contributed by atoms with Crippen LogP contribution in [0, 0.1) is 13.8 Å². The summed E-state index contributed by atoms with van der Waals surface area (Å²) in [5, 5.41) is 3.33. The number of anilines is 1. The molecule has 134 valence electrons. The lowest BCUT2D eigenvalue weighted by atomic mass is 10.2. The minimum absolute atomic E-state index is 0.522. The molecule has 26 heavy (non-hydrogen) atoms. The van der Waals surface area contributed by atoms with Gasteiger partial charge in [-0.15, -0.1) is 0 Å². The first kappa shape index (κ1) is 17.7. The third-order valence-electron chi connectivity index (χ3n) is 4.01. The Bertz CT molecular complexity index is 852. The van der Waals surface area contributed by atoms with Crippen molar-refractivity contribution in [2.24, 2.45) is 0 Å². The monoisotopic (exact) mass is 350 g/mol. The highest BCUT2D eigenvalue weighted by Gasteiger charge is 2.10. The maximum atomic E-state index is 5.74. The number of nitrogens with zero attached hydrogens (tertiary/aromatic N) is 3. The Balaban J connectivity index is 1.63. The van der Waals surface area contributed by atoms with Gasteiger partial charge in [-0.2, -0.15) is 0 Å². The second-order valence-corrected chi connectivity index (χ2v) is 5.77.